The fourth-order valence-electron chi connectivity index (χ4n) is 1.31. The van der Waals surface area contributed by atoms with Gasteiger partial charge in [-0.3, -0.25) is 0 Å². The molecule has 82 valence electrons. The summed E-state index contributed by atoms with van der Waals surface area (Å²) in [5, 5.41) is 0. The highest BCUT2D eigenvalue weighted by Crippen LogP contribution is 2.31. The molecule has 0 aliphatic carbocycles. The van der Waals surface area contributed by atoms with Crippen LogP contribution in [0.3, 0.4) is 0 Å². The molecule has 2 rings (SSSR count). The van der Waals surface area contributed by atoms with Gasteiger partial charge in [-0.1, -0.05) is 62.2 Å². The summed E-state index contributed by atoms with van der Waals surface area (Å²) in [7, 11) is 0. The van der Waals surface area contributed by atoms with E-state index in [0.29, 0.717) is 0 Å². The third kappa shape index (κ3) is 3.09. The lowest BCUT2D eigenvalue weighted by molar-refractivity contribution is 0.482. The van der Waals surface area contributed by atoms with Crippen molar-refractivity contribution in [2.45, 2.75) is 3.74 Å². The maximum Gasteiger partial charge on any atom is 0.127 e. The second-order valence-electron chi connectivity index (χ2n) is 3.28. The van der Waals surface area contributed by atoms with Crippen LogP contribution in [0.2, 0.25) is 0 Å². The second kappa shape index (κ2) is 5.51. The first-order valence-corrected chi connectivity index (χ1v) is 6.70. The van der Waals surface area contributed by atoms with E-state index in [2.05, 4.69) is 31.9 Å². The molecule has 0 bridgehead atoms. The number of para-hydroxylation sites is 1. The lowest BCUT2D eigenvalue weighted by Gasteiger charge is -2.07. The van der Waals surface area contributed by atoms with Crippen LogP contribution < -0.4 is 4.74 Å². The van der Waals surface area contributed by atoms with E-state index in [-0.39, 0.29) is 3.74 Å². The zero-order valence-electron chi connectivity index (χ0n) is 8.44. The molecule has 2 aromatic rings. The number of alkyl halides is 2. The van der Waals surface area contributed by atoms with Crippen LogP contribution in [0.1, 0.15) is 9.30 Å². The molecule has 0 saturated heterocycles. The van der Waals surface area contributed by atoms with Crippen molar-refractivity contribution in [3.8, 4) is 11.5 Å². The molecule has 0 aliphatic rings. The van der Waals surface area contributed by atoms with Crippen LogP contribution in [-0.4, -0.2) is 0 Å². The summed E-state index contributed by atoms with van der Waals surface area (Å²) < 4.78 is 5.87. The Morgan fingerprint density at radius 2 is 1.31 bits per heavy atom. The minimum absolute atomic E-state index is 0.186. The van der Waals surface area contributed by atoms with Crippen LogP contribution >= 0.6 is 31.9 Å². The molecule has 0 aromatic heterocycles. The molecule has 2 aromatic carbocycles. The van der Waals surface area contributed by atoms with Crippen molar-refractivity contribution in [1.82, 2.24) is 0 Å². The molecule has 3 heteroatoms. The molecular formula is C13H10Br2O. The first-order chi connectivity index (χ1) is 7.75. The number of hydrogen-bond acceptors (Lipinski definition) is 1. The monoisotopic (exact) mass is 340 g/mol. The minimum Gasteiger partial charge on any atom is -0.457 e. The van der Waals surface area contributed by atoms with Gasteiger partial charge in [0.15, 0.2) is 0 Å². The predicted octanol–water partition coefficient (Wildman–Crippen LogP) is 5.27. The van der Waals surface area contributed by atoms with E-state index in [4.69, 9.17) is 4.74 Å². The zero-order valence-corrected chi connectivity index (χ0v) is 11.6. The van der Waals surface area contributed by atoms with E-state index < -0.39 is 0 Å². The third-order valence-electron chi connectivity index (χ3n) is 2.11. The number of ether oxygens (including phenoxy) is 1. The summed E-state index contributed by atoms with van der Waals surface area (Å²) in [6.07, 6.45) is 0. The van der Waals surface area contributed by atoms with Gasteiger partial charge in [0, 0.05) is 0 Å². The molecule has 1 nitrogen and oxygen atoms in total. The Morgan fingerprint density at radius 1 is 0.750 bits per heavy atom. The second-order valence-corrected chi connectivity index (χ2v) is 6.34. The van der Waals surface area contributed by atoms with Gasteiger partial charge in [0.25, 0.3) is 0 Å². The summed E-state index contributed by atoms with van der Waals surface area (Å²) in [6, 6.07) is 17.7. The number of hydrogen-bond donors (Lipinski definition) is 0. The van der Waals surface area contributed by atoms with Gasteiger partial charge in [0.2, 0.25) is 0 Å². The standard InChI is InChI=1S/C13H10Br2O/c14-13(15)10-6-8-12(9-7-10)16-11-4-2-1-3-5-11/h1-9,13H. The Morgan fingerprint density at radius 3 is 1.88 bits per heavy atom. The van der Waals surface area contributed by atoms with Crippen molar-refractivity contribution < 1.29 is 4.74 Å². The summed E-state index contributed by atoms with van der Waals surface area (Å²) in [6.45, 7) is 0. The highest BCUT2D eigenvalue weighted by Gasteiger charge is 2.02. The van der Waals surface area contributed by atoms with Crippen molar-refractivity contribution in [2.24, 2.45) is 0 Å². The largest absolute Gasteiger partial charge is 0.457 e. The third-order valence-corrected chi connectivity index (χ3v) is 3.17. The Bertz CT molecular complexity index is 437. The van der Waals surface area contributed by atoms with Crippen LogP contribution in [0.4, 0.5) is 0 Å². The molecule has 0 unspecified atom stereocenters. The van der Waals surface area contributed by atoms with Crippen molar-refractivity contribution in [3.63, 3.8) is 0 Å². The molecule has 0 N–H and O–H groups in total. The minimum atomic E-state index is 0.186. The first-order valence-electron chi connectivity index (χ1n) is 4.87. The van der Waals surface area contributed by atoms with Crippen LogP contribution in [0.25, 0.3) is 0 Å². The van der Waals surface area contributed by atoms with Crippen LogP contribution in [0.15, 0.2) is 54.6 Å². The average molecular weight is 342 g/mol. The number of rotatable bonds is 3. The Hall–Kier alpha value is -0.800. The van der Waals surface area contributed by atoms with Gasteiger partial charge in [0.05, 0.1) is 3.74 Å². The van der Waals surface area contributed by atoms with Crippen molar-refractivity contribution >= 4 is 31.9 Å². The maximum absolute atomic E-state index is 5.68. The molecule has 0 spiro atoms. The molecule has 16 heavy (non-hydrogen) atoms. The van der Waals surface area contributed by atoms with Crippen LogP contribution in [-0.2, 0) is 0 Å². The van der Waals surface area contributed by atoms with Gasteiger partial charge in [0.1, 0.15) is 11.5 Å². The van der Waals surface area contributed by atoms with Gasteiger partial charge in [-0.2, -0.15) is 0 Å². The highest BCUT2D eigenvalue weighted by atomic mass is 79.9. The molecule has 0 fully saturated rings. The summed E-state index contributed by atoms with van der Waals surface area (Å²) in [5.41, 5.74) is 1.17. The van der Waals surface area contributed by atoms with Gasteiger partial charge in [-0.05, 0) is 29.8 Å². The predicted molar refractivity (Wildman–Crippen MR) is 73.6 cm³/mol. The zero-order chi connectivity index (χ0) is 11.4. The Kier molecular flexibility index (Phi) is 4.02. The molecule has 0 aliphatic heterocycles. The van der Waals surface area contributed by atoms with Gasteiger partial charge in [-0.25, -0.2) is 0 Å². The highest BCUT2D eigenvalue weighted by molar-refractivity contribution is 9.24. The molecule has 0 atom stereocenters. The van der Waals surface area contributed by atoms with E-state index in [1.54, 1.807) is 0 Å². The molecule has 0 saturated carbocycles. The first kappa shape index (κ1) is 11.7. The Labute approximate surface area is 112 Å². The van der Waals surface area contributed by atoms with Gasteiger partial charge < -0.3 is 4.74 Å². The molecule has 0 radical (unpaired) electrons. The van der Waals surface area contributed by atoms with E-state index in [1.165, 1.54) is 5.56 Å². The smallest absolute Gasteiger partial charge is 0.127 e. The summed E-state index contributed by atoms with van der Waals surface area (Å²) in [4.78, 5) is 0. The quantitative estimate of drug-likeness (QED) is 0.691. The normalized spacial score (nSPS) is 10.4. The van der Waals surface area contributed by atoms with Crippen molar-refractivity contribution in [2.75, 3.05) is 0 Å². The lowest BCUT2D eigenvalue weighted by atomic mass is 10.2. The maximum atomic E-state index is 5.68. The molecule has 0 amide bonds. The van der Waals surface area contributed by atoms with Crippen LogP contribution in [0.5, 0.6) is 11.5 Å². The van der Waals surface area contributed by atoms with E-state index in [0.717, 1.165) is 11.5 Å². The van der Waals surface area contributed by atoms with E-state index in [9.17, 15) is 0 Å². The number of halogens is 2. The van der Waals surface area contributed by atoms with Crippen LogP contribution in [0, 0.1) is 0 Å². The summed E-state index contributed by atoms with van der Waals surface area (Å²) >= 11 is 6.90. The van der Waals surface area contributed by atoms with E-state index in [1.807, 2.05) is 54.6 Å². The van der Waals surface area contributed by atoms with E-state index >= 15 is 0 Å². The fraction of sp³-hybridized carbons (Fsp3) is 0.0769. The van der Waals surface area contributed by atoms with Gasteiger partial charge >= 0.3 is 0 Å². The fourth-order valence-corrected chi connectivity index (χ4v) is 1.92. The molecular weight excluding hydrogens is 332 g/mol. The number of benzene rings is 2. The Balaban J connectivity index is 2.11. The SMILES string of the molecule is BrC(Br)c1ccc(Oc2ccccc2)cc1. The average Bonchev–Trinajstić information content (AvgIpc) is 2.31. The lowest BCUT2D eigenvalue weighted by Crippen LogP contribution is -1.85. The topological polar surface area (TPSA) is 9.23 Å². The van der Waals surface area contributed by atoms with Crippen molar-refractivity contribution in [1.29, 1.82) is 0 Å². The van der Waals surface area contributed by atoms with Crippen molar-refractivity contribution in [3.05, 3.63) is 60.2 Å². The molecule has 0 heterocycles. The van der Waals surface area contributed by atoms with Gasteiger partial charge in [-0.15, -0.1) is 0 Å². The summed E-state index contributed by atoms with van der Waals surface area (Å²) in [5.74, 6) is 1.69.